The summed E-state index contributed by atoms with van der Waals surface area (Å²) in [6.45, 7) is 5.96. The second kappa shape index (κ2) is 4.45. The van der Waals surface area contributed by atoms with Crippen LogP contribution in [-0.4, -0.2) is 10.7 Å². The Morgan fingerprint density at radius 3 is 2.18 bits per heavy atom. The maximum absolute atomic E-state index is 9.89. The molecule has 1 aliphatic carbocycles. The second-order valence-corrected chi connectivity index (χ2v) is 6.31. The summed E-state index contributed by atoms with van der Waals surface area (Å²) in [6, 6.07) is 8.97. The summed E-state index contributed by atoms with van der Waals surface area (Å²) < 4.78 is 0. The summed E-state index contributed by atoms with van der Waals surface area (Å²) in [5, 5.41) is 9.89. The molecule has 94 valence electrons. The van der Waals surface area contributed by atoms with Gasteiger partial charge in [0.2, 0.25) is 0 Å². The Kier molecular flexibility index (Phi) is 3.31. The Morgan fingerprint density at radius 2 is 1.76 bits per heavy atom. The molecule has 0 unspecified atom stereocenters. The van der Waals surface area contributed by atoms with Crippen molar-refractivity contribution in [3.05, 3.63) is 35.4 Å². The smallest absolute Gasteiger partial charge is 0.0592 e. The van der Waals surface area contributed by atoms with Crippen LogP contribution in [0.25, 0.3) is 0 Å². The van der Waals surface area contributed by atoms with Gasteiger partial charge in [0.15, 0.2) is 0 Å². The molecule has 0 heterocycles. The normalized spacial score (nSPS) is 18.8. The molecule has 2 rings (SSSR count). The fraction of sp³-hybridized carbons (Fsp3) is 0.625. The zero-order valence-corrected chi connectivity index (χ0v) is 11.3. The van der Waals surface area contributed by atoms with Gasteiger partial charge in [-0.05, 0) is 57.4 Å². The molecule has 1 heteroatoms. The highest BCUT2D eigenvalue weighted by Gasteiger charge is 2.39. The molecule has 1 aliphatic rings. The highest BCUT2D eigenvalue weighted by molar-refractivity contribution is 5.30. The number of aryl methyl sites for hydroxylation is 1. The van der Waals surface area contributed by atoms with Crippen molar-refractivity contribution in [1.29, 1.82) is 0 Å². The van der Waals surface area contributed by atoms with Crippen LogP contribution >= 0.6 is 0 Å². The molecule has 0 aromatic heterocycles. The Balaban J connectivity index is 2.11. The third kappa shape index (κ3) is 2.90. The molecule has 0 spiro atoms. The van der Waals surface area contributed by atoms with E-state index in [-0.39, 0.29) is 0 Å². The molecule has 1 N–H and O–H groups in total. The Bertz CT molecular complexity index is 366. The first kappa shape index (κ1) is 12.6. The third-order valence-corrected chi connectivity index (χ3v) is 4.19. The predicted octanol–water partition coefficient (Wildman–Crippen LogP) is 3.97. The summed E-state index contributed by atoms with van der Waals surface area (Å²) in [5.74, 6) is 0. The molecule has 0 radical (unpaired) electrons. The number of hydrogen-bond donors (Lipinski definition) is 1. The largest absolute Gasteiger partial charge is 0.390 e. The topological polar surface area (TPSA) is 20.2 Å². The van der Waals surface area contributed by atoms with Crippen LogP contribution in [0.4, 0.5) is 0 Å². The molecule has 1 aromatic carbocycles. The standard InChI is InChI=1S/C16H24O/c1-13-5-7-14(8-6-13)16(9-4-10-16)12-11-15(2,3)17/h5-8,17H,4,9-12H2,1-3H3. The SMILES string of the molecule is Cc1ccc(C2(CCC(C)(C)O)CCC2)cc1. The van der Waals surface area contributed by atoms with Gasteiger partial charge in [-0.25, -0.2) is 0 Å². The van der Waals surface area contributed by atoms with Crippen molar-refractivity contribution >= 4 is 0 Å². The lowest BCUT2D eigenvalue weighted by Gasteiger charge is -2.44. The van der Waals surface area contributed by atoms with Gasteiger partial charge < -0.3 is 5.11 Å². The van der Waals surface area contributed by atoms with Crippen LogP contribution in [0.15, 0.2) is 24.3 Å². The van der Waals surface area contributed by atoms with E-state index in [1.807, 2.05) is 13.8 Å². The predicted molar refractivity (Wildman–Crippen MR) is 72.2 cm³/mol. The lowest BCUT2D eigenvalue weighted by Crippen LogP contribution is -2.36. The molecule has 0 amide bonds. The Hall–Kier alpha value is -0.820. The van der Waals surface area contributed by atoms with E-state index in [4.69, 9.17) is 0 Å². The number of benzene rings is 1. The van der Waals surface area contributed by atoms with Crippen molar-refractivity contribution in [2.24, 2.45) is 0 Å². The zero-order valence-electron chi connectivity index (χ0n) is 11.3. The van der Waals surface area contributed by atoms with Gasteiger partial charge in [0.1, 0.15) is 0 Å². The van der Waals surface area contributed by atoms with Crippen LogP contribution in [0, 0.1) is 6.92 Å². The Morgan fingerprint density at radius 1 is 1.18 bits per heavy atom. The van der Waals surface area contributed by atoms with Crippen molar-refractivity contribution in [3.8, 4) is 0 Å². The van der Waals surface area contributed by atoms with Gasteiger partial charge in [-0.15, -0.1) is 0 Å². The van der Waals surface area contributed by atoms with E-state index >= 15 is 0 Å². The maximum Gasteiger partial charge on any atom is 0.0592 e. The molecule has 1 saturated carbocycles. The van der Waals surface area contributed by atoms with E-state index in [9.17, 15) is 5.11 Å². The molecule has 0 saturated heterocycles. The summed E-state index contributed by atoms with van der Waals surface area (Å²) in [4.78, 5) is 0. The van der Waals surface area contributed by atoms with Gasteiger partial charge in [0, 0.05) is 0 Å². The lowest BCUT2D eigenvalue weighted by molar-refractivity contribution is 0.0519. The molecule has 17 heavy (non-hydrogen) atoms. The minimum absolute atomic E-state index is 0.355. The molecule has 0 bridgehead atoms. The number of rotatable bonds is 4. The van der Waals surface area contributed by atoms with E-state index in [1.165, 1.54) is 30.4 Å². The van der Waals surface area contributed by atoms with Crippen LogP contribution in [0.2, 0.25) is 0 Å². The fourth-order valence-electron chi connectivity index (χ4n) is 2.74. The van der Waals surface area contributed by atoms with Crippen molar-refractivity contribution in [2.75, 3.05) is 0 Å². The van der Waals surface area contributed by atoms with Crippen molar-refractivity contribution in [1.82, 2.24) is 0 Å². The Labute approximate surface area is 105 Å². The van der Waals surface area contributed by atoms with E-state index in [2.05, 4.69) is 31.2 Å². The van der Waals surface area contributed by atoms with Crippen LogP contribution < -0.4 is 0 Å². The molecule has 0 atom stereocenters. The molecule has 1 fully saturated rings. The summed E-state index contributed by atoms with van der Waals surface area (Å²) in [6.07, 6.45) is 5.90. The van der Waals surface area contributed by atoms with Crippen LogP contribution in [0.1, 0.15) is 57.1 Å². The first-order valence-corrected chi connectivity index (χ1v) is 6.71. The van der Waals surface area contributed by atoms with Crippen molar-refractivity contribution in [2.45, 2.75) is 63.9 Å². The minimum atomic E-state index is -0.534. The van der Waals surface area contributed by atoms with Gasteiger partial charge in [0.05, 0.1) is 5.60 Å². The molecular weight excluding hydrogens is 208 g/mol. The van der Waals surface area contributed by atoms with Crippen LogP contribution in [0.5, 0.6) is 0 Å². The monoisotopic (exact) mass is 232 g/mol. The van der Waals surface area contributed by atoms with E-state index in [0.29, 0.717) is 5.41 Å². The van der Waals surface area contributed by atoms with E-state index < -0.39 is 5.60 Å². The number of aliphatic hydroxyl groups is 1. The zero-order chi connectivity index (χ0) is 12.5. The summed E-state index contributed by atoms with van der Waals surface area (Å²) >= 11 is 0. The first-order chi connectivity index (χ1) is 7.91. The van der Waals surface area contributed by atoms with Gasteiger partial charge in [-0.1, -0.05) is 36.2 Å². The highest BCUT2D eigenvalue weighted by atomic mass is 16.3. The first-order valence-electron chi connectivity index (χ1n) is 6.71. The average Bonchev–Trinajstić information content (AvgIpc) is 2.17. The molecular formula is C16H24O. The molecule has 1 aromatic rings. The summed E-state index contributed by atoms with van der Waals surface area (Å²) in [7, 11) is 0. The summed E-state index contributed by atoms with van der Waals surface area (Å²) in [5.41, 5.74) is 2.62. The maximum atomic E-state index is 9.89. The average molecular weight is 232 g/mol. The molecule has 0 aliphatic heterocycles. The van der Waals surface area contributed by atoms with E-state index in [1.54, 1.807) is 0 Å². The van der Waals surface area contributed by atoms with Crippen LogP contribution in [0.3, 0.4) is 0 Å². The second-order valence-electron chi connectivity index (χ2n) is 6.31. The van der Waals surface area contributed by atoms with Gasteiger partial charge in [-0.2, -0.15) is 0 Å². The van der Waals surface area contributed by atoms with Crippen LogP contribution in [-0.2, 0) is 5.41 Å². The number of hydrogen-bond acceptors (Lipinski definition) is 1. The minimum Gasteiger partial charge on any atom is -0.390 e. The van der Waals surface area contributed by atoms with Gasteiger partial charge >= 0.3 is 0 Å². The van der Waals surface area contributed by atoms with Gasteiger partial charge in [0.25, 0.3) is 0 Å². The van der Waals surface area contributed by atoms with Gasteiger partial charge in [-0.3, -0.25) is 0 Å². The quantitative estimate of drug-likeness (QED) is 0.833. The van der Waals surface area contributed by atoms with Crippen molar-refractivity contribution in [3.63, 3.8) is 0 Å². The fourth-order valence-corrected chi connectivity index (χ4v) is 2.74. The molecule has 1 nitrogen and oxygen atoms in total. The van der Waals surface area contributed by atoms with E-state index in [0.717, 1.165) is 12.8 Å². The lowest BCUT2D eigenvalue weighted by atomic mass is 9.61. The highest BCUT2D eigenvalue weighted by Crippen LogP contribution is 2.48. The third-order valence-electron chi connectivity index (χ3n) is 4.19. The van der Waals surface area contributed by atoms with Crippen molar-refractivity contribution < 1.29 is 5.11 Å².